The summed E-state index contributed by atoms with van der Waals surface area (Å²) in [6.45, 7) is 4.51. The number of carbonyl (C=O) groups excluding carboxylic acids is 1. The standard InChI is InChI=1S/C18H14Cl2N2O/c1-2-9-22(12-14-5-3-13(11-21)4-6-14)18(23)15-7-8-16(19)17(20)10-15/h2-8,10H,1,9,12H2. The van der Waals surface area contributed by atoms with Gasteiger partial charge in [-0.15, -0.1) is 6.58 Å². The second-order valence-corrected chi connectivity index (χ2v) is 5.73. The zero-order valence-corrected chi connectivity index (χ0v) is 13.8. The van der Waals surface area contributed by atoms with Gasteiger partial charge in [0.15, 0.2) is 0 Å². The van der Waals surface area contributed by atoms with E-state index in [1.165, 1.54) is 0 Å². The number of rotatable bonds is 5. The van der Waals surface area contributed by atoms with Gasteiger partial charge in [0, 0.05) is 18.7 Å². The van der Waals surface area contributed by atoms with E-state index in [4.69, 9.17) is 28.5 Å². The predicted molar refractivity (Wildman–Crippen MR) is 92.6 cm³/mol. The van der Waals surface area contributed by atoms with Crippen molar-refractivity contribution >= 4 is 29.1 Å². The molecule has 116 valence electrons. The van der Waals surface area contributed by atoms with Gasteiger partial charge in [-0.3, -0.25) is 4.79 Å². The Morgan fingerprint density at radius 2 is 1.87 bits per heavy atom. The molecule has 0 radical (unpaired) electrons. The van der Waals surface area contributed by atoms with E-state index >= 15 is 0 Å². The van der Waals surface area contributed by atoms with Gasteiger partial charge in [0.05, 0.1) is 21.7 Å². The summed E-state index contributed by atoms with van der Waals surface area (Å²) >= 11 is 11.9. The molecule has 0 unspecified atom stereocenters. The van der Waals surface area contributed by atoms with E-state index in [-0.39, 0.29) is 5.91 Å². The van der Waals surface area contributed by atoms with Crippen molar-refractivity contribution in [3.63, 3.8) is 0 Å². The Morgan fingerprint density at radius 3 is 2.43 bits per heavy atom. The minimum atomic E-state index is -0.159. The summed E-state index contributed by atoms with van der Waals surface area (Å²) in [7, 11) is 0. The van der Waals surface area contributed by atoms with Gasteiger partial charge in [0.2, 0.25) is 0 Å². The first kappa shape index (κ1) is 17.1. The third-order valence-electron chi connectivity index (χ3n) is 3.26. The minimum Gasteiger partial charge on any atom is -0.331 e. The fraction of sp³-hybridized carbons (Fsp3) is 0.111. The zero-order chi connectivity index (χ0) is 16.8. The van der Waals surface area contributed by atoms with Gasteiger partial charge < -0.3 is 4.90 Å². The molecule has 0 N–H and O–H groups in total. The van der Waals surface area contributed by atoms with Crippen LogP contribution in [0.3, 0.4) is 0 Å². The molecular weight excluding hydrogens is 331 g/mol. The van der Waals surface area contributed by atoms with Crippen LogP contribution in [0.5, 0.6) is 0 Å². The summed E-state index contributed by atoms with van der Waals surface area (Å²) in [6, 6.07) is 14.0. The molecule has 0 atom stereocenters. The maximum atomic E-state index is 12.6. The summed E-state index contributed by atoms with van der Waals surface area (Å²) in [4.78, 5) is 14.3. The highest BCUT2D eigenvalue weighted by Gasteiger charge is 2.16. The fourth-order valence-electron chi connectivity index (χ4n) is 2.09. The molecule has 2 aromatic carbocycles. The van der Waals surface area contributed by atoms with Gasteiger partial charge in [-0.1, -0.05) is 41.4 Å². The van der Waals surface area contributed by atoms with E-state index in [0.29, 0.717) is 34.3 Å². The highest BCUT2D eigenvalue weighted by Crippen LogP contribution is 2.23. The Kier molecular flexibility index (Phi) is 5.81. The largest absolute Gasteiger partial charge is 0.331 e. The monoisotopic (exact) mass is 344 g/mol. The van der Waals surface area contributed by atoms with Crippen LogP contribution in [0, 0.1) is 11.3 Å². The molecule has 0 fully saturated rings. The molecular formula is C18H14Cl2N2O. The van der Waals surface area contributed by atoms with Crippen LogP contribution in [0.2, 0.25) is 10.0 Å². The van der Waals surface area contributed by atoms with Crippen LogP contribution in [-0.2, 0) is 6.54 Å². The first-order chi connectivity index (χ1) is 11.0. The number of halogens is 2. The van der Waals surface area contributed by atoms with E-state index < -0.39 is 0 Å². The van der Waals surface area contributed by atoms with Gasteiger partial charge in [-0.25, -0.2) is 0 Å². The highest BCUT2D eigenvalue weighted by atomic mass is 35.5. The third-order valence-corrected chi connectivity index (χ3v) is 4.00. The van der Waals surface area contributed by atoms with Gasteiger partial charge in [0.1, 0.15) is 0 Å². The van der Waals surface area contributed by atoms with E-state index in [1.807, 2.05) is 12.1 Å². The van der Waals surface area contributed by atoms with E-state index in [0.717, 1.165) is 5.56 Å². The Bertz CT molecular complexity index is 764. The van der Waals surface area contributed by atoms with Crippen molar-refractivity contribution in [2.75, 3.05) is 6.54 Å². The number of carbonyl (C=O) groups is 1. The Labute approximate surface area is 145 Å². The third kappa shape index (κ3) is 4.35. The maximum Gasteiger partial charge on any atom is 0.254 e. The molecule has 0 aliphatic heterocycles. The molecule has 5 heteroatoms. The SMILES string of the molecule is C=CCN(Cc1ccc(C#N)cc1)C(=O)c1ccc(Cl)c(Cl)c1. The molecule has 0 saturated heterocycles. The first-order valence-corrected chi connectivity index (χ1v) is 7.65. The number of nitrogens with zero attached hydrogens (tertiary/aromatic N) is 2. The summed E-state index contributed by atoms with van der Waals surface area (Å²) in [6.07, 6.45) is 1.67. The molecule has 0 heterocycles. The fourth-order valence-corrected chi connectivity index (χ4v) is 2.39. The summed E-state index contributed by atoms with van der Waals surface area (Å²) in [5.41, 5.74) is 1.98. The Morgan fingerprint density at radius 1 is 1.17 bits per heavy atom. The van der Waals surface area contributed by atoms with Crippen molar-refractivity contribution < 1.29 is 4.79 Å². The van der Waals surface area contributed by atoms with Crippen LogP contribution < -0.4 is 0 Å². The lowest BCUT2D eigenvalue weighted by Crippen LogP contribution is -2.30. The topological polar surface area (TPSA) is 44.1 Å². The van der Waals surface area contributed by atoms with E-state index in [1.54, 1.807) is 41.3 Å². The number of hydrogen-bond donors (Lipinski definition) is 0. The van der Waals surface area contributed by atoms with Crippen molar-refractivity contribution in [3.8, 4) is 6.07 Å². The minimum absolute atomic E-state index is 0.159. The lowest BCUT2D eigenvalue weighted by Gasteiger charge is -2.21. The first-order valence-electron chi connectivity index (χ1n) is 6.89. The lowest BCUT2D eigenvalue weighted by atomic mass is 10.1. The van der Waals surface area contributed by atoms with Gasteiger partial charge >= 0.3 is 0 Å². The van der Waals surface area contributed by atoms with Gasteiger partial charge in [0.25, 0.3) is 5.91 Å². The zero-order valence-electron chi connectivity index (χ0n) is 12.3. The van der Waals surface area contributed by atoms with Crippen molar-refractivity contribution in [2.45, 2.75) is 6.54 Å². The van der Waals surface area contributed by atoms with Crippen LogP contribution in [0.25, 0.3) is 0 Å². The smallest absolute Gasteiger partial charge is 0.254 e. The van der Waals surface area contributed by atoms with Gasteiger partial charge in [-0.05, 0) is 35.9 Å². The van der Waals surface area contributed by atoms with Crippen LogP contribution >= 0.6 is 23.2 Å². The van der Waals surface area contributed by atoms with E-state index in [9.17, 15) is 4.79 Å². The van der Waals surface area contributed by atoms with Gasteiger partial charge in [-0.2, -0.15) is 5.26 Å². The quantitative estimate of drug-likeness (QED) is 0.738. The predicted octanol–water partition coefficient (Wildman–Crippen LogP) is 4.69. The van der Waals surface area contributed by atoms with Crippen molar-refractivity contribution in [2.24, 2.45) is 0 Å². The lowest BCUT2D eigenvalue weighted by molar-refractivity contribution is 0.0762. The molecule has 23 heavy (non-hydrogen) atoms. The summed E-state index contributed by atoms with van der Waals surface area (Å²) in [5, 5.41) is 9.58. The molecule has 2 aromatic rings. The Balaban J connectivity index is 2.22. The molecule has 3 nitrogen and oxygen atoms in total. The molecule has 0 saturated carbocycles. The van der Waals surface area contributed by atoms with Crippen molar-refractivity contribution in [3.05, 3.63) is 81.9 Å². The summed E-state index contributed by atoms with van der Waals surface area (Å²) < 4.78 is 0. The maximum absolute atomic E-state index is 12.6. The number of nitriles is 1. The number of amides is 1. The molecule has 1 amide bonds. The Hall–Kier alpha value is -2.28. The number of hydrogen-bond acceptors (Lipinski definition) is 2. The van der Waals surface area contributed by atoms with Crippen LogP contribution in [0.4, 0.5) is 0 Å². The normalized spacial score (nSPS) is 9.96. The van der Waals surface area contributed by atoms with Crippen LogP contribution in [0.1, 0.15) is 21.5 Å². The molecule has 2 rings (SSSR count). The second-order valence-electron chi connectivity index (χ2n) is 4.91. The van der Waals surface area contributed by atoms with E-state index in [2.05, 4.69) is 12.6 Å². The average Bonchev–Trinajstić information content (AvgIpc) is 2.57. The highest BCUT2D eigenvalue weighted by molar-refractivity contribution is 6.42. The molecule has 0 spiro atoms. The molecule has 0 bridgehead atoms. The second kappa shape index (κ2) is 7.82. The number of benzene rings is 2. The molecule has 0 aliphatic rings. The van der Waals surface area contributed by atoms with Crippen LogP contribution in [-0.4, -0.2) is 17.4 Å². The average molecular weight is 345 g/mol. The summed E-state index contributed by atoms with van der Waals surface area (Å²) in [5.74, 6) is -0.159. The van der Waals surface area contributed by atoms with Crippen molar-refractivity contribution in [1.82, 2.24) is 4.90 Å². The van der Waals surface area contributed by atoms with Crippen molar-refractivity contribution in [1.29, 1.82) is 5.26 Å². The van der Waals surface area contributed by atoms with Crippen LogP contribution in [0.15, 0.2) is 55.1 Å². The molecule has 0 aromatic heterocycles. The molecule has 0 aliphatic carbocycles.